The van der Waals surface area contributed by atoms with Crippen molar-refractivity contribution in [1.29, 1.82) is 0 Å². The Morgan fingerprint density at radius 2 is 2.00 bits per heavy atom. The van der Waals surface area contributed by atoms with Crippen LogP contribution < -0.4 is 16.6 Å². The Kier molecular flexibility index (Phi) is 4.13. The smallest absolute Gasteiger partial charge is 0.239 e. The highest BCUT2D eigenvalue weighted by atomic mass is 32.1. The molecule has 5 nitrogen and oxygen atoms in total. The van der Waals surface area contributed by atoms with Crippen LogP contribution >= 0.6 is 11.3 Å². The van der Waals surface area contributed by atoms with Gasteiger partial charge in [0.1, 0.15) is 0 Å². The summed E-state index contributed by atoms with van der Waals surface area (Å²) in [5.41, 5.74) is 6.19. The van der Waals surface area contributed by atoms with Crippen molar-refractivity contribution >= 4 is 28.1 Å². The molecule has 0 fully saturated rings. The standard InChI is InChI=1S/C13H16N4OS/c1-8-3-9(2)5-10(4-8)15-13-16-11(7-19-13)6-12(18)17-14/h3-5,7H,6,14H2,1-2H3,(H,15,16)(H,17,18). The molecule has 4 N–H and O–H groups in total. The maximum absolute atomic E-state index is 11.1. The van der Waals surface area contributed by atoms with Crippen molar-refractivity contribution in [3.05, 3.63) is 40.4 Å². The molecule has 0 spiro atoms. The van der Waals surface area contributed by atoms with Crippen molar-refractivity contribution in [2.24, 2.45) is 5.84 Å². The first-order valence-electron chi connectivity index (χ1n) is 5.86. The molecule has 0 radical (unpaired) electrons. The quantitative estimate of drug-likeness (QED) is 0.453. The van der Waals surface area contributed by atoms with Crippen molar-refractivity contribution in [2.45, 2.75) is 20.3 Å². The minimum absolute atomic E-state index is 0.196. The Morgan fingerprint density at radius 1 is 1.32 bits per heavy atom. The summed E-state index contributed by atoms with van der Waals surface area (Å²) >= 11 is 1.47. The van der Waals surface area contributed by atoms with Gasteiger partial charge in [0.2, 0.25) is 5.91 Å². The van der Waals surface area contributed by atoms with Crippen LogP contribution in [0, 0.1) is 13.8 Å². The van der Waals surface area contributed by atoms with Crippen LogP contribution in [0.15, 0.2) is 23.6 Å². The van der Waals surface area contributed by atoms with Gasteiger partial charge >= 0.3 is 0 Å². The molecule has 0 unspecified atom stereocenters. The van der Waals surface area contributed by atoms with Gasteiger partial charge in [0.05, 0.1) is 12.1 Å². The Labute approximate surface area is 115 Å². The van der Waals surface area contributed by atoms with E-state index < -0.39 is 0 Å². The zero-order valence-electron chi connectivity index (χ0n) is 10.9. The number of aryl methyl sites for hydroxylation is 2. The zero-order valence-corrected chi connectivity index (χ0v) is 11.7. The maximum Gasteiger partial charge on any atom is 0.239 e. The number of anilines is 2. The number of benzene rings is 1. The average Bonchev–Trinajstić information content (AvgIpc) is 2.74. The molecular formula is C13H16N4OS. The topological polar surface area (TPSA) is 80.0 Å². The fourth-order valence-electron chi connectivity index (χ4n) is 1.83. The molecule has 0 atom stereocenters. The monoisotopic (exact) mass is 276 g/mol. The van der Waals surface area contributed by atoms with E-state index in [1.54, 1.807) is 0 Å². The number of amides is 1. The summed E-state index contributed by atoms with van der Waals surface area (Å²) in [7, 11) is 0. The predicted octanol–water partition coefficient (Wildman–Crippen LogP) is 2.04. The molecule has 100 valence electrons. The van der Waals surface area contributed by atoms with Gasteiger partial charge < -0.3 is 5.32 Å². The summed E-state index contributed by atoms with van der Waals surface area (Å²) in [6, 6.07) is 6.23. The number of nitrogens with zero attached hydrogens (tertiary/aromatic N) is 1. The van der Waals surface area contributed by atoms with Crippen molar-refractivity contribution < 1.29 is 4.79 Å². The summed E-state index contributed by atoms with van der Waals surface area (Å²) in [5.74, 6) is 4.80. The normalized spacial score (nSPS) is 10.3. The molecule has 0 aliphatic rings. The number of thiazole rings is 1. The second-order valence-electron chi connectivity index (χ2n) is 4.39. The van der Waals surface area contributed by atoms with Gasteiger partial charge in [-0.25, -0.2) is 10.8 Å². The van der Waals surface area contributed by atoms with E-state index >= 15 is 0 Å². The lowest BCUT2D eigenvalue weighted by Crippen LogP contribution is -2.31. The highest BCUT2D eigenvalue weighted by molar-refractivity contribution is 7.13. The van der Waals surface area contributed by atoms with Crippen LogP contribution in [0.2, 0.25) is 0 Å². The zero-order chi connectivity index (χ0) is 13.8. The summed E-state index contributed by atoms with van der Waals surface area (Å²) in [6.07, 6.45) is 0.196. The Hall–Kier alpha value is -1.92. The molecule has 1 heterocycles. The SMILES string of the molecule is Cc1cc(C)cc(Nc2nc(CC(=O)NN)cs2)c1. The highest BCUT2D eigenvalue weighted by Gasteiger charge is 2.07. The maximum atomic E-state index is 11.1. The first kappa shape index (κ1) is 13.5. The largest absolute Gasteiger partial charge is 0.332 e. The third kappa shape index (κ3) is 3.77. The molecule has 1 aromatic heterocycles. The van der Waals surface area contributed by atoms with E-state index in [2.05, 4.69) is 47.8 Å². The van der Waals surface area contributed by atoms with Crippen molar-refractivity contribution in [3.8, 4) is 0 Å². The van der Waals surface area contributed by atoms with Crippen LogP contribution in [0.1, 0.15) is 16.8 Å². The predicted molar refractivity (Wildman–Crippen MR) is 77.3 cm³/mol. The van der Waals surface area contributed by atoms with Gasteiger partial charge in [0.25, 0.3) is 0 Å². The van der Waals surface area contributed by atoms with E-state index in [1.807, 2.05) is 5.38 Å². The molecule has 6 heteroatoms. The first-order chi connectivity index (χ1) is 9.06. The molecule has 2 aromatic rings. The summed E-state index contributed by atoms with van der Waals surface area (Å²) in [6.45, 7) is 4.11. The van der Waals surface area contributed by atoms with Gasteiger partial charge in [-0.15, -0.1) is 11.3 Å². The van der Waals surface area contributed by atoms with E-state index in [9.17, 15) is 4.79 Å². The number of hydrazine groups is 1. The number of carbonyl (C=O) groups is 1. The Bertz CT molecular complexity index is 574. The summed E-state index contributed by atoms with van der Waals surface area (Å²) in [5, 5.41) is 5.86. The van der Waals surface area contributed by atoms with E-state index in [1.165, 1.54) is 22.5 Å². The lowest BCUT2D eigenvalue weighted by molar-refractivity contribution is -0.120. The van der Waals surface area contributed by atoms with Crippen LogP contribution in [0.5, 0.6) is 0 Å². The van der Waals surface area contributed by atoms with Gasteiger partial charge in [-0.2, -0.15) is 0 Å². The van der Waals surface area contributed by atoms with Gasteiger partial charge in [-0.05, 0) is 37.1 Å². The fraction of sp³-hybridized carbons (Fsp3) is 0.231. The second-order valence-corrected chi connectivity index (χ2v) is 5.25. The number of aromatic nitrogens is 1. The van der Waals surface area contributed by atoms with Gasteiger partial charge in [-0.1, -0.05) is 6.07 Å². The molecule has 0 bridgehead atoms. The van der Waals surface area contributed by atoms with Crippen molar-refractivity contribution in [1.82, 2.24) is 10.4 Å². The van der Waals surface area contributed by atoms with Crippen LogP contribution in [0.4, 0.5) is 10.8 Å². The number of nitrogens with one attached hydrogen (secondary N) is 2. The molecule has 0 aliphatic heterocycles. The molecule has 0 saturated heterocycles. The average molecular weight is 276 g/mol. The Morgan fingerprint density at radius 3 is 2.63 bits per heavy atom. The lowest BCUT2D eigenvalue weighted by atomic mass is 10.1. The van der Waals surface area contributed by atoms with E-state index in [0.717, 1.165) is 10.8 Å². The third-order valence-corrected chi connectivity index (χ3v) is 3.33. The van der Waals surface area contributed by atoms with E-state index in [4.69, 9.17) is 5.84 Å². The summed E-state index contributed by atoms with van der Waals surface area (Å²) < 4.78 is 0. The van der Waals surface area contributed by atoms with E-state index in [-0.39, 0.29) is 12.3 Å². The molecule has 1 aromatic carbocycles. The number of rotatable bonds is 4. The minimum Gasteiger partial charge on any atom is -0.332 e. The summed E-state index contributed by atoms with van der Waals surface area (Å²) in [4.78, 5) is 15.5. The van der Waals surface area contributed by atoms with Gasteiger partial charge in [-0.3, -0.25) is 10.2 Å². The number of hydrogen-bond donors (Lipinski definition) is 3. The number of nitrogens with two attached hydrogens (primary N) is 1. The molecule has 19 heavy (non-hydrogen) atoms. The highest BCUT2D eigenvalue weighted by Crippen LogP contribution is 2.22. The minimum atomic E-state index is -0.247. The molecule has 2 rings (SSSR count). The van der Waals surface area contributed by atoms with Crippen molar-refractivity contribution in [3.63, 3.8) is 0 Å². The molecule has 0 aliphatic carbocycles. The lowest BCUT2D eigenvalue weighted by Gasteiger charge is -2.05. The second kappa shape index (κ2) is 5.81. The van der Waals surface area contributed by atoms with Crippen molar-refractivity contribution in [2.75, 3.05) is 5.32 Å². The van der Waals surface area contributed by atoms with Gasteiger partial charge in [0, 0.05) is 11.1 Å². The van der Waals surface area contributed by atoms with Crippen LogP contribution in [-0.4, -0.2) is 10.9 Å². The van der Waals surface area contributed by atoms with Gasteiger partial charge in [0.15, 0.2) is 5.13 Å². The third-order valence-electron chi connectivity index (χ3n) is 2.53. The molecular weight excluding hydrogens is 260 g/mol. The Balaban J connectivity index is 2.09. The number of carbonyl (C=O) groups excluding carboxylic acids is 1. The van der Waals surface area contributed by atoms with E-state index in [0.29, 0.717) is 5.69 Å². The fourth-order valence-corrected chi connectivity index (χ4v) is 2.56. The van der Waals surface area contributed by atoms with Crippen LogP contribution in [-0.2, 0) is 11.2 Å². The number of hydrogen-bond acceptors (Lipinski definition) is 5. The van der Waals surface area contributed by atoms with Crippen LogP contribution in [0.3, 0.4) is 0 Å². The van der Waals surface area contributed by atoms with Crippen LogP contribution in [0.25, 0.3) is 0 Å². The first-order valence-corrected chi connectivity index (χ1v) is 6.74. The molecule has 1 amide bonds. The molecule has 0 saturated carbocycles.